The van der Waals surface area contributed by atoms with E-state index in [1.807, 2.05) is 6.08 Å². The standard InChI is InChI=1S/C8H14/c1-5-7(3)8(4)6-2/h5,8H,1,3,6H2,2,4H3/t8-/m0/s1. The lowest BCUT2D eigenvalue weighted by molar-refractivity contribution is 0.673. The molecular weight excluding hydrogens is 96.1 g/mol. The summed E-state index contributed by atoms with van der Waals surface area (Å²) in [7, 11) is 0. The lowest BCUT2D eigenvalue weighted by Gasteiger charge is -2.05. The van der Waals surface area contributed by atoms with E-state index in [9.17, 15) is 0 Å². The van der Waals surface area contributed by atoms with Crippen molar-refractivity contribution in [2.75, 3.05) is 0 Å². The molecule has 0 aromatic heterocycles. The Kier molecular flexibility index (Phi) is 3.25. The average Bonchev–Trinajstić information content (AvgIpc) is 1.84. The van der Waals surface area contributed by atoms with Gasteiger partial charge in [-0.15, -0.1) is 0 Å². The van der Waals surface area contributed by atoms with Gasteiger partial charge >= 0.3 is 0 Å². The molecule has 0 unspecified atom stereocenters. The molecule has 0 saturated carbocycles. The maximum atomic E-state index is 3.83. The molecule has 0 heterocycles. The van der Waals surface area contributed by atoms with E-state index in [2.05, 4.69) is 27.0 Å². The van der Waals surface area contributed by atoms with Crippen molar-refractivity contribution < 1.29 is 0 Å². The third-order valence-corrected chi connectivity index (χ3v) is 1.51. The van der Waals surface area contributed by atoms with Crippen LogP contribution in [-0.4, -0.2) is 0 Å². The second-order valence-corrected chi connectivity index (χ2v) is 2.09. The second kappa shape index (κ2) is 3.48. The summed E-state index contributed by atoms with van der Waals surface area (Å²) in [6.07, 6.45) is 2.99. The van der Waals surface area contributed by atoms with E-state index in [0.29, 0.717) is 5.92 Å². The van der Waals surface area contributed by atoms with Crippen LogP contribution in [-0.2, 0) is 0 Å². The quantitative estimate of drug-likeness (QED) is 0.490. The Labute approximate surface area is 51.9 Å². The third kappa shape index (κ3) is 1.97. The molecule has 0 N–H and O–H groups in total. The van der Waals surface area contributed by atoms with Gasteiger partial charge in [0, 0.05) is 0 Å². The first-order chi connectivity index (χ1) is 3.72. The van der Waals surface area contributed by atoms with Crippen LogP contribution in [0, 0.1) is 5.92 Å². The monoisotopic (exact) mass is 110 g/mol. The first kappa shape index (κ1) is 7.48. The summed E-state index contributed by atoms with van der Waals surface area (Å²) in [5, 5.41) is 0. The molecule has 8 heavy (non-hydrogen) atoms. The van der Waals surface area contributed by atoms with Crippen molar-refractivity contribution >= 4 is 0 Å². The highest BCUT2D eigenvalue weighted by atomic mass is 14.0. The van der Waals surface area contributed by atoms with Gasteiger partial charge in [0.1, 0.15) is 0 Å². The summed E-state index contributed by atoms with van der Waals surface area (Å²) in [5.74, 6) is 0.604. The van der Waals surface area contributed by atoms with Crippen LogP contribution >= 0.6 is 0 Å². The van der Waals surface area contributed by atoms with E-state index in [-0.39, 0.29) is 0 Å². The highest BCUT2D eigenvalue weighted by Gasteiger charge is 1.96. The van der Waals surface area contributed by atoms with Gasteiger partial charge in [0.05, 0.1) is 0 Å². The van der Waals surface area contributed by atoms with Gasteiger partial charge in [0.25, 0.3) is 0 Å². The van der Waals surface area contributed by atoms with Gasteiger partial charge in [-0.1, -0.05) is 38.7 Å². The summed E-state index contributed by atoms with van der Waals surface area (Å²) in [6.45, 7) is 11.8. The predicted octanol–water partition coefficient (Wildman–Crippen LogP) is 2.77. The van der Waals surface area contributed by atoms with E-state index in [0.717, 1.165) is 12.0 Å². The Morgan fingerprint density at radius 2 is 2.25 bits per heavy atom. The summed E-state index contributed by atoms with van der Waals surface area (Å²) < 4.78 is 0. The van der Waals surface area contributed by atoms with Crippen molar-refractivity contribution in [1.82, 2.24) is 0 Å². The van der Waals surface area contributed by atoms with Gasteiger partial charge in [-0.3, -0.25) is 0 Å². The molecule has 46 valence electrons. The Bertz CT molecular complexity index is 90.2. The maximum absolute atomic E-state index is 3.83. The largest absolute Gasteiger partial charge is 0.0988 e. The number of hydrogen-bond donors (Lipinski definition) is 0. The molecule has 0 saturated heterocycles. The fraction of sp³-hybridized carbons (Fsp3) is 0.500. The Morgan fingerprint density at radius 1 is 1.75 bits per heavy atom. The third-order valence-electron chi connectivity index (χ3n) is 1.51. The molecule has 0 amide bonds. The molecule has 0 aliphatic carbocycles. The molecule has 0 fully saturated rings. The smallest absolute Gasteiger partial charge is 0.0199 e. The molecule has 0 bridgehead atoms. The lowest BCUT2D eigenvalue weighted by atomic mass is 10.0. The van der Waals surface area contributed by atoms with Crippen LogP contribution in [0.15, 0.2) is 24.8 Å². The summed E-state index contributed by atoms with van der Waals surface area (Å²) in [6, 6.07) is 0. The van der Waals surface area contributed by atoms with E-state index in [1.54, 1.807) is 0 Å². The zero-order valence-electron chi connectivity index (χ0n) is 5.78. The average molecular weight is 110 g/mol. The van der Waals surface area contributed by atoms with Crippen molar-refractivity contribution in [2.45, 2.75) is 20.3 Å². The molecule has 0 aliphatic rings. The topological polar surface area (TPSA) is 0 Å². The van der Waals surface area contributed by atoms with Gasteiger partial charge < -0.3 is 0 Å². The Balaban J connectivity index is 3.62. The molecule has 0 heteroatoms. The maximum Gasteiger partial charge on any atom is -0.0199 e. The molecular formula is C8H14. The van der Waals surface area contributed by atoms with E-state index < -0.39 is 0 Å². The highest BCUT2D eigenvalue weighted by molar-refractivity contribution is 5.13. The van der Waals surface area contributed by atoms with Crippen molar-refractivity contribution in [2.24, 2.45) is 5.92 Å². The SMILES string of the molecule is C=CC(=C)[C@@H](C)CC. The number of allylic oxidation sites excluding steroid dienone is 2. The van der Waals surface area contributed by atoms with Crippen LogP contribution in [0.5, 0.6) is 0 Å². The van der Waals surface area contributed by atoms with Crippen molar-refractivity contribution in [3.63, 3.8) is 0 Å². The zero-order valence-corrected chi connectivity index (χ0v) is 5.78. The van der Waals surface area contributed by atoms with Crippen molar-refractivity contribution in [3.8, 4) is 0 Å². The fourth-order valence-corrected chi connectivity index (χ4v) is 0.463. The minimum absolute atomic E-state index is 0.604. The number of hydrogen-bond acceptors (Lipinski definition) is 0. The van der Waals surface area contributed by atoms with Crippen LogP contribution in [0.4, 0.5) is 0 Å². The van der Waals surface area contributed by atoms with Crippen LogP contribution in [0.25, 0.3) is 0 Å². The summed E-state index contributed by atoms with van der Waals surface area (Å²) in [4.78, 5) is 0. The normalized spacial score (nSPS) is 12.8. The van der Waals surface area contributed by atoms with Crippen molar-refractivity contribution in [1.29, 1.82) is 0 Å². The first-order valence-electron chi connectivity index (χ1n) is 3.03. The highest BCUT2D eigenvalue weighted by Crippen LogP contribution is 2.11. The molecule has 0 rings (SSSR count). The first-order valence-corrected chi connectivity index (χ1v) is 3.03. The van der Waals surface area contributed by atoms with E-state index in [1.165, 1.54) is 0 Å². The molecule has 0 nitrogen and oxygen atoms in total. The van der Waals surface area contributed by atoms with Crippen LogP contribution in [0.1, 0.15) is 20.3 Å². The molecule has 1 atom stereocenters. The summed E-state index contributed by atoms with van der Waals surface area (Å²) in [5.41, 5.74) is 1.15. The summed E-state index contributed by atoms with van der Waals surface area (Å²) >= 11 is 0. The van der Waals surface area contributed by atoms with Gasteiger partial charge in [0.15, 0.2) is 0 Å². The van der Waals surface area contributed by atoms with Crippen molar-refractivity contribution in [3.05, 3.63) is 24.8 Å². The minimum atomic E-state index is 0.604. The van der Waals surface area contributed by atoms with E-state index in [4.69, 9.17) is 0 Å². The lowest BCUT2D eigenvalue weighted by Crippen LogP contribution is -1.91. The molecule has 0 aliphatic heterocycles. The Morgan fingerprint density at radius 3 is 2.38 bits per heavy atom. The second-order valence-electron chi connectivity index (χ2n) is 2.09. The molecule has 0 radical (unpaired) electrons. The molecule has 0 aromatic rings. The zero-order chi connectivity index (χ0) is 6.57. The molecule has 0 aromatic carbocycles. The van der Waals surface area contributed by atoms with Gasteiger partial charge in [-0.05, 0) is 12.3 Å². The van der Waals surface area contributed by atoms with E-state index >= 15 is 0 Å². The fourth-order valence-electron chi connectivity index (χ4n) is 0.463. The van der Waals surface area contributed by atoms with Gasteiger partial charge in [-0.25, -0.2) is 0 Å². The number of rotatable bonds is 3. The molecule has 0 spiro atoms. The Hall–Kier alpha value is -0.520. The van der Waals surface area contributed by atoms with Crippen LogP contribution in [0.2, 0.25) is 0 Å². The van der Waals surface area contributed by atoms with Gasteiger partial charge in [0.2, 0.25) is 0 Å². The van der Waals surface area contributed by atoms with Gasteiger partial charge in [-0.2, -0.15) is 0 Å². The predicted molar refractivity (Wildman–Crippen MR) is 38.8 cm³/mol. The minimum Gasteiger partial charge on any atom is -0.0988 e. The van der Waals surface area contributed by atoms with Crippen LogP contribution < -0.4 is 0 Å². The van der Waals surface area contributed by atoms with Crippen LogP contribution in [0.3, 0.4) is 0 Å².